The highest BCUT2D eigenvalue weighted by Gasteiger charge is 2.42. The smallest absolute Gasteiger partial charge is 0.224 e. The number of hydrogen-bond donors (Lipinski definition) is 2. The van der Waals surface area contributed by atoms with E-state index in [9.17, 15) is 4.79 Å². The SMILES string of the molecule is O=C(NCCCN1CCCCC1)C1CC2CCC1N2. The summed E-state index contributed by atoms with van der Waals surface area (Å²) in [5.41, 5.74) is 0. The first-order valence-electron chi connectivity index (χ1n) is 8.09. The number of hydrogen-bond acceptors (Lipinski definition) is 3. The Morgan fingerprint density at radius 3 is 2.74 bits per heavy atom. The topological polar surface area (TPSA) is 44.4 Å². The van der Waals surface area contributed by atoms with Gasteiger partial charge in [-0.15, -0.1) is 0 Å². The van der Waals surface area contributed by atoms with E-state index in [0.717, 1.165) is 25.9 Å². The van der Waals surface area contributed by atoms with Crippen LogP contribution in [0.15, 0.2) is 0 Å². The van der Waals surface area contributed by atoms with Gasteiger partial charge < -0.3 is 15.5 Å². The Hall–Kier alpha value is -0.610. The fourth-order valence-corrected chi connectivity index (χ4v) is 3.94. The summed E-state index contributed by atoms with van der Waals surface area (Å²) in [6.45, 7) is 4.51. The number of nitrogens with one attached hydrogen (secondary N) is 2. The molecule has 3 saturated heterocycles. The Balaban J connectivity index is 1.30. The molecule has 108 valence electrons. The second-order valence-corrected chi connectivity index (χ2v) is 6.44. The summed E-state index contributed by atoms with van der Waals surface area (Å²) in [4.78, 5) is 14.7. The number of carbonyl (C=O) groups excluding carboxylic acids is 1. The molecule has 3 atom stereocenters. The average molecular weight is 265 g/mol. The zero-order valence-electron chi connectivity index (χ0n) is 11.9. The third-order valence-corrected chi connectivity index (χ3v) is 5.04. The Kier molecular flexibility index (Phi) is 4.38. The predicted octanol–water partition coefficient (Wildman–Crippen LogP) is 1.12. The molecule has 3 aliphatic rings. The van der Waals surface area contributed by atoms with E-state index in [0.29, 0.717) is 18.0 Å². The lowest BCUT2D eigenvalue weighted by molar-refractivity contribution is -0.125. The minimum Gasteiger partial charge on any atom is -0.356 e. The van der Waals surface area contributed by atoms with Gasteiger partial charge in [-0.25, -0.2) is 0 Å². The number of rotatable bonds is 5. The lowest BCUT2D eigenvalue weighted by atomic mass is 9.88. The summed E-state index contributed by atoms with van der Waals surface area (Å²) >= 11 is 0. The molecule has 0 aromatic rings. The number of fused-ring (bicyclic) bond motifs is 2. The fraction of sp³-hybridized carbons (Fsp3) is 0.933. The van der Waals surface area contributed by atoms with E-state index < -0.39 is 0 Å². The zero-order chi connectivity index (χ0) is 13.1. The van der Waals surface area contributed by atoms with Crippen molar-refractivity contribution >= 4 is 5.91 Å². The summed E-state index contributed by atoms with van der Waals surface area (Å²) in [7, 11) is 0. The molecule has 0 aliphatic carbocycles. The van der Waals surface area contributed by atoms with Crippen molar-refractivity contribution in [2.45, 2.75) is 57.0 Å². The predicted molar refractivity (Wildman–Crippen MR) is 76.0 cm³/mol. The van der Waals surface area contributed by atoms with Crippen molar-refractivity contribution in [2.75, 3.05) is 26.2 Å². The van der Waals surface area contributed by atoms with Gasteiger partial charge in [-0.3, -0.25) is 4.79 Å². The Labute approximate surface area is 116 Å². The van der Waals surface area contributed by atoms with Crippen LogP contribution in [0.4, 0.5) is 0 Å². The lowest BCUT2D eigenvalue weighted by Crippen LogP contribution is -2.39. The molecule has 0 radical (unpaired) electrons. The summed E-state index contributed by atoms with van der Waals surface area (Å²) in [5, 5.41) is 6.68. The van der Waals surface area contributed by atoms with Crippen LogP contribution in [-0.2, 0) is 4.79 Å². The molecular formula is C15H27N3O. The van der Waals surface area contributed by atoms with E-state index >= 15 is 0 Å². The maximum atomic E-state index is 12.1. The van der Waals surface area contributed by atoms with Crippen molar-refractivity contribution in [2.24, 2.45) is 5.92 Å². The van der Waals surface area contributed by atoms with Crippen molar-refractivity contribution in [1.29, 1.82) is 0 Å². The van der Waals surface area contributed by atoms with Crippen LogP contribution in [0.3, 0.4) is 0 Å². The number of carbonyl (C=O) groups is 1. The highest BCUT2D eigenvalue weighted by Crippen LogP contribution is 2.33. The van der Waals surface area contributed by atoms with Crippen LogP contribution in [0.2, 0.25) is 0 Å². The minimum absolute atomic E-state index is 0.244. The van der Waals surface area contributed by atoms with E-state index in [1.54, 1.807) is 0 Å². The van der Waals surface area contributed by atoms with E-state index in [1.807, 2.05) is 0 Å². The second kappa shape index (κ2) is 6.23. The van der Waals surface area contributed by atoms with Crippen molar-refractivity contribution in [1.82, 2.24) is 15.5 Å². The molecule has 3 fully saturated rings. The molecule has 2 N–H and O–H groups in total. The third-order valence-electron chi connectivity index (χ3n) is 5.04. The van der Waals surface area contributed by atoms with E-state index in [4.69, 9.17) is 0 Å². The maximum Gasteiger partial charge on any atom is 0.224 e. The first-order valence-corrected chi connectivity index (χ1v) is 8.09. The number of amides is 1. The molecule has 0 spiro atoms. The van der Waals surface area contributed by atoms with Gasteiger partial charge in [-0.2, -0.15) is 0 Å². The van der Waals surface area contributed by atoms with Gasteiger partial charge in [0.25, 0.3) is 0 Å². The molecule has 3 aliphatic heterocycles. The normalized spacial score (nSPS) is 34.6. The van der Waals surface area contributed by atoms with E-state index in [-0.39, 0.29) is 5.92 Å². The van der Waals surface area contributed by atoms with Crippen LogP contribution in [0.1, 0.15) is 44.9 Å². The number of piperidine rings is 1. The van der Waals surface area contributed by atoms with Gasteiger partial charge >= 0.3 is 0 Å². The van der Waals surface area contributed by atoms with Gasteiger partial charge in [0, 0.05) is 18.6 Å². The summed E-state index contributed by atoms with van der Waals surface area (Å²) in [6.07, 6.45) is 8.71. The summed E-state index contributed by atoms with van der Waals surface area (Å²) in [5.74, 6) is 0.534. The molecule has 2 bridgehead atoms. The van der Waals surface area contributed by atoms with Crippen LogP contribution in [0, 0.1) is 5.92 Å². The zero-order valence-corrected chi connectivity index (χ0v) is 11.9. The highest BCUT2D eigenvalue weighted by atomic mass is 16.1. The van der Waals surface area contributed by atoms with Crippen LogP contribution in [0.5, 0.6) is 0 Å². The van der Waals surface area contributed by atoms with Gasteiger partial charge in [-0.1, -0.05) is 6.42 Å². The largest absolute Gasteiger partial charge is 0.356 e. The van der Waals surface area contributed by atoms with Crippen LogP contribution in [-0.4, -0.2) is 49.1 Å². The molecule has 4 heteroatoms. The molecule has 3 rings (SSSR count). The Morgan fingerprint density at radius 1 is 1.21 bits per heavy atom. The molecule has 1 amide bonds. The number of nitrogens with zero attached hydrogens (tertiary/aromatic N) is 1. The van der Waals surface area contributed by atoms with Gasteiger partial charge in [0.2, 0.25) is 5.91 Å². The molecule has 4 nitrogen and oxygen atoms in total. The highest BCUT2D eigenvalue weighted by molar-refractivity contribution is 5.80. The fourth-order valence-electron chi connectivity index (χ4n) is 3.94. The summed E-state index contributed by atoms with van der Waals surface area (Å²) < 4.78 is 0. The monoisotopic (exact) mass is 265 g/mol. The van der Waals surface area contributed by atoms with Crippen molar-refractivity contribution in [3.8, 4) is 0 Å². The van der Waals surface area contributed by atoms with Crippen LogP contribution in [0.25, 0.3) is 0 Å². The molecule has 19 heavy (non-hydrogen) atoms. The average Bonchev–Trinajstić information content (AvgIpc) is 3.07. The first kappa shape index (κ1) is 13.4. The maximum absolute atomic E-state index is 12.1. The van der Waals surface area contributed by atoms with E-state index in [1.165, 1.54) is 45.2 Å². The molecule has 0 aromatic carbocycles. The second-order valence-electron chi connectivity index (χ2n) is 6.44. The standard InChI is InChI=1S/C15H27N3O/c19-15(13-11-12-5-6-14(13)17-12)16-7-4-10-18-8-2-1-3-9-18/h12-14,17H,1-11H2,(H,16,19). The Morgan fingerprint density at radius 2 is 2.05 bits per heavy atom. The molecular weight excluding hydrogens is 238 g/mol. The van der Waals surface area contributed by atoms with Crippen molar-refractivity contribution in [3.05, 3.63) is 0 Å². The van der Waals surface area contributed by atoms with E-state index in [2.05, 4.69) is 15.5 Å². The van der Waals surface area contributed by atoms with Gasteiger partial charge in [0.1, 0.15) is 0 Å². The number of likely N-dealkylation sites (tertiary alicyclic amines) is 1. The van der Waals surface area contributed by atoms with Gasteiger partial charge in [-0.05, 0) is 58.2 Å². The first-order chi connectivity index (χ1) is 9.33. The van der Waals surface area contributed by atoms with Crippen LogP contribution < -0.4 is 10.6 Å². The van der Waals surface area contributed by atoms with Crippen LogP contribution >= 0.6 is 0 Å². The lowest BCUT2D eigenvalue weighted by Gasteiger charge is -2.26. The quantitative estimate of drug-likeness (QED) is 0.732. The molecule has 0 saturated carbocycles. The van der Waals surface area contributed by atoms with Crippen molar-refractivity contribution < 1.29 is 4.79 Å². The van der Waals surface area contributed by atoms with Gasteiger partial charge in [0.15, 0.2) is 0 Å². The van der Waals surface area contributed by atoms with Gasteiger partial charge in [0.05, 0.1) is 5.92 Å². The minimum atomic E-state index is 0.244. The Bertz CT molecular complexity index is 315. The molecule has 3 unspecified atom stereocenters. The third kappa shape index (κ3) is 3.29. The van der Waals surface area contributed by atoms with Crippen molar-refractivity contribution in [3.63, 3.8) is 0 Å². The molecule has 3 heterocycles. The molecule has 0 aromatic heterocycles. The summed E-state index contributed by atoms with van der Waals surface area (Å²) in [6, 6.07) is 1.08.